The lowest BCUT2D eigenvalue weighted by Gasteiger charge is -2.29. The van der Waals surface area contributed by atoms with Gasteiger partial charge in [0.15, 0.2) is 0 Å². The van der Waals surface area contributed by atoms with Gasteiger partial charge in [0, 0.05) is 6.42 Å². The van der Waals surface area contributed by atoms with Crippen LogP contribution in [0.25, 0.3) is 0 Å². The summed E-state index contributed by atoms with van der Waals surface area (Å²) in [6.45, 7) is 4.26. The molecule has 0 fully saturated rings. The molecule has 0 bridgehead atoms. The second-order valence-corrected chi connectivity index (χ2v) is 11.1. The zero-order valence-electron chi connectivity index (χ0n) is 22.0. The summed E-state index contributed by atoms with van der Waals surface area (Å²) in [5.41, 5.74) is 0. The first-order valence-electron chi connectivity index (χ1n) is 12.7. The lowest BCUT2D eigenvalue weighted by atomic mass is 10.1. The van der Waals surface area contributed by atoms with Crippen LogP contribution in [0.2, 0.25) is 0 Å². The van der Waals surface area contributed by atoms with Gasteiger partial charge in [0.25, 0.3) is 7.82 Å². The summed E-state index contributed by atoms with van der Waals surface area (Å²) in [6, 6.07) is -0.890. The molecule has 0 saturated heterocycles. The van der Waals surface area contributed by atoms with Crippen LogP contribution in [0.1, 0.15) is 78.1 Å². The lowest BCUT2D eigenvalue weighted by molar-refractivity contribution is -0.870. The number of carbonyl (C=O) groups excluding carboxylic acids is 1. The fourth-order valence-electron chi connectivity index (χ4n) is 2.96. The van der Waals surface area contributed by atoms with Crippen LogP contribution >= 0.6 is 7.82 Å². The number of hydrogen-bond donors (Lipinski definition) is 2. The van der Waals surface area contributed by atoms with E-state index in [0.29, 0.717) is 23.9 Å². The Balaban J connectivity index is 4.69. The standard InChI is InChI=1S/C25H49N2O6P/c1-6-8-10-11-12-13-14-15-16-17-18-24(28)23(26-25(29)19-9-7-2)22-33-34(30,31)32-21-20-27(3,4)5/h13-14,17-18,23-24,28H,6-12,15-16,19-22H2,1-5H3,(H-,26,29,30,31)/b14-13+,18-17+. The average Bonchev–Trinajstić information content (AvgIpc) is 2.75. The SMILES string of the molecule is CCCCCC/C=C/CC/C=C/C(O)C(COP(=O)([O-])OCC[N+](C)(C)C)NC(=O)CCCC. The average molecular weight is 505 g/mol. The monoisotopic (exact) mass is 504 g/mol. The van der Waals surface area contributed by atoms with Gasteiger partial charge < -0.3 is 28.8 Å². The topological polar surface area (TPSA) is 108 Å². The molecule has 0 aliphatic heterocycles. The fourth-order valence-corrected chi connectivity index (χ4v) is 3.69. The molecule has 0 aromatic rings. The summed E-state index contributed by atoms with van der Waals surface area (Å²) in [7, 11) is 1.23. The van der Waals surface area contributed by atoms with E-state index in [0.717, 1.165) is 25.7 Å². The number of hydrogen-bond acceptors (Lipinski definition) is 6. The highest BCUT2D eigenvalue weighted by atomic mass is 31.2. The van der Waals surface area contributed by atoms with Gasteiger partial charge in [0.05, 0.1) is 39.9 Å². The highest BCUT2D eigenvalue weighted by Crippen LogP contribution is 2.38. The number of nitrogens with zero attached hydrogens (tertiary/aromatic N) is 1. The lowest BCUT2D eigenvalue weighted by Crippen LogP contribution is -2.45. The van der Waals surface area contributed by atoms with Gasteiger partial charge in [-0.3, -0.25) is 9.36 Å². The number of carbonyl (C=O) groups is 1. The number of aliphatic hydroxyl groups is 1. The zero-order chi connectivity index (χ0) is 25.9. The molecule has 200 valence electrons. The molecule has 8 nitrogen and oxygen atoms in total. The predicted molar refractivity (Wildman–Crippen MR) is 136 cm³/mol. The molecular weight excluding hydrogens is 455 g/mol. The van der Waals surface area contributed by atoms with Crippen molar-refractivity contribution < 1.29 is 32.9 Å². The molecule has 0 radical (unpaired) electrons. The van der Waals surface area contributed by atoms with Crippen molar-refractivity contribution in [3.8, 4) is 0 Å². The summed E-state index contributed by atoms with van der Waals surface area (Å²) in [5, 5.41) is 13.2. The van der Waals surface area contributed by atoms with Gasteiger partial charge >= 0.3 is 0 Å². The molecule has 0 aromatic heterocycles. The van der Waals surface area contributed by atoms with E-state index in [1.807, 2.05) is 34.1 Å². The van der Waals surface area contributed by atoms with Crippen LogP contribution in [0.3, 0.4) is 0 Å². The zero-order valence-corrected chi connectivity index (χ0v) is 22.9. The molecule has 9 heteroatoms. The highest BCUT2D eigenvalue weighted by molar-refractivity contribution is 7.45. The van der Waals surface area contributed by atoms with E-state index in [2.05, 4.69) is 24.4 Å². The molecule has 0 aromatic carbocycles. The highest BCUT2D eigenvalue weighted by Gasteiger charge is 2.22. The van der Waals surface area contributed by atoms with E-state index in [1.165, 1.54) is 25.7 Å². The van der Waals surface area contributed by atoms with E-state index in [1.54, 1.807) is 6.08 Å². The van der Waals surface area contributed by atoms with Crippen molar-refractivity contribution >= 4 is 13.7 Å². The Morgan fingerprint density at radius 2 is 1.65 bits per heavy atom. The first-order chi connectivity index (χ1) is 16.0. The van der Waals surface area contributed by atoms with Crippen molar-refractivity contribution in [3.63, 3.8) is 0 Å². The number of nitrogens with one attached hydrogen (secondary N) is 1. The van der Waals surface area contributed by atoms with Crippen LogP contribution in [-0.2, 0) is 18.4 Å². The van der Waals surface area contributed by atoms with Crippen molar-refractivity contribution in [2.24, 2.45) is 0 Å². The second kappa shape index (κ2) is 19.2. The fraction of sp³-hybridized carbons (Fsp3) is 0.800. The molecular formula is C25H49N2O6P. The van der Waals surface area contributed by atoms with Gasteiger partial charge in [-0.25, -0.2) is 0 Å². The Morgan fingerprint density at radius 3 is 2.29 bits per heavy atom. The molecule has 34 heavy (non-hydrogen) atoms. The van der Waals surface area contributed by atoms with E-state index in [4.69, 9.17) is 9.05 Å². The van der Waals surface area contributed by atoms with Crippen molar-refractivity contribution in [2.75, 3.05) is 40.9 Å². The molecule has 0 saturated carbocycles. The Hall–Kier alpha value is -1.02. The molecule has 0 aliphatic rings. The van der Waals surface area contributed by atoms with Crippen molar-refractivity contribution in [1.29, 1.82) is 0 Å². The van der Waals surface area contributed by atoms with Crippen LogP contribution < -0.4 is 10.2 Å². The summed E-state index contributed by atoms with van der Waals surface area (Å²) < 4.78 is 22.5. The number of allylic oxidation sites excluding steroid dienone is 3. The van der Waals surface area contributed by atoms with Gasteiger partial charge in [0.2, 0.25) is 5.91 Å². The number of aliphatic hydroxyl groups excluding tert-OH is 1. The Kier molecular flexibility index (Phi) is 18.6. The number of phosphoric acid groups is 1. The number of phosphoric ester groups is 1. The molecule has 3 unspecified atom stereocenters. The smallest absolute Gasteiger partial charge is 0.268 e. The van der Waals surface area contributed by atoms with Gasteiger partial charge in [-0.1, -0.05) is 63.8 Å². The van der Waals surface area contributed by atoms with Crippen LogP contribution in [0.5, 0.6) is 0 Å². The van der Waals surface area contributed by atoms with Gasteiger partial charge in [-0.05, 0) is 32.1 Å². The van der Waals surface area contributed by atoms with Crippen molar-refractivity contribution in [3.05, 3.63) is 24.3 Å². The maximum Gasteiger partial charge on any atom is 0.268 e. The number of quaternary nitrogens is 1. The third-order valence-electron chi connectivity index (χ3n) is 5.16. The summed E-state index contributed by atoms with van der Waals surface area (Å²) in [6.07, 6.45) is 16.2. The Morgan fingerprint density at radius 1 is 1.00 bits per heavy atom. The summed E-state index contributed by atoms with van der Waals surface area (Å²) >= 11 is 0. The molecule has 2 N–H and O–H groups in total. The van der Waals surface area contributed by atoms with Crippen LogP contribution in [-0.4, -0.2) is 68.5 Å². The first-order valence-corrected chi connectivity index (χ1v) is 14.2. The molecule has 0 heterocycles. The number of amides is 1. The van der Waals surface area contributed by atoms with Gasteiger partial charge in [0.1, 0.15) is 13.2 Å². The summed E-state index contributed by atoms with van der Waals surface area (Å²) in [4.78, 5) is 24.3. The van der Waals surface area contributed by atoms with E-state index in [-0.39, 0.29) is 12.5 Å². The number of likely N-dealkylation sites (N-methyl/N-ethyl adjacent to an activating group) is 1. The second-order valence-electron chi connectivity index (χ2n) is 9.68. The third kappa shape index (κ3) is 20.4. The van der Waals surface area contributed by atoms with Crippen LogP contribution in [0, 0.1) is 0 Å². The quantitative estimate of drug-likeness (QED) is 0.105. The minimum atomic E-state index is -4.55. The molecule has 0 rings (SSSR count). The number of unbranched alkanes of at least 4 members (excludes halogenated alkanes) is 6. The van der Waals surface area contributed by atoms with Gasteiger partial charge in [-0.15, -0.1) is 0 Å². The maximum absolute atomic E-state index is 12.2. The van der Waals surface area contributed by atoms with Crippen LogP contribution in [0.15, 0.2) is 24.3 Å². The molecule has 0 aliphatic carbocycles. The Bertz CT molecular complexity index is 633. The minimum Gasteiger partial charge on any atom is -0.756 e. The maximum atomic E-state index is 12.2. The van der Waals surface area contributed by atoms with E-state index < -0.39 is 26.6 Å². The van der Waals surface area contributed by atoms with Crippen molar-refractivity contribution in [2.45, 2.75) is 90.2 Å². The van der Waals surface area contributed by atoms with Crippen LogP contribution in [0.4, 0.5) is 0 Å². The normalized spacial score (nSPS) is 16.1. The minimum absolute atomic E-state index is 0.00756. The summed E-state index contributed by atoms with van der Waals surface area (Å²) in [5.74, 6) is -0.249. The Labute approximate surface area is 207 Å². The molecule has 1 amide bonds. The molecule has 0 spiro atoms. The predicted octanol–water partition coefficient (Wildman–Crippen LogP) is 4.09. The molecule has 3 atom stereocenters. The number of rotatable bonds is 21. The van der Waals surface area contributed by atoms with E-state index >= 15 is 0 Å². The van der Waals surface area contributed by atoms with Crippen molar-refractivity contribution in [1.82, 2.24) is 5.32 Å². The van der Waals surface area contributed by atoms with Gasteiger partial charge in [-0.2, -0.15) is 0 Å². The largest absolute Gasteiger partial charge is 0.756 e. The third-order valence-corrected chi connectivity index (χ3v) is 6.13. The van der Waals surface area contributed by atoms with E-state index in [9.17, 15) is 19.4 Å². The first kappa shape index (κ1) is 33.0.